The van der Waals surface area contributed by atoms with Gasteiger partial charge in [-0.3, -0.25) is 4.79 Å². The minimum atomic E-state index is -0.252. The zero-order valence-electron chi connectivity index (χ0n) is 8.81. The first-order valence-corrected chi connectivity index (χ1v) is 6.51. The molecule has 1 amide bonds. The highest BCUT2D eigenvalue weighted by atomic mass is 79.9. The average molecular weight is 309 g/mol. The maximum absolute atomic E-state index is 11.1. The van der Waals surface area contributed by atoms with E-state index in [2.05, 4.69) is 32.8 Å². The molecule has 1 aromatic heterocycles. The van der Waals surface area contributed by atoms with Crippen LogP contribution in [0.4, 0.5) is 5.82 Å². The Balaban J connectivity index is 2.20. The summed E-state index contributed by atoms with van der Waals surface area (Å²) in [5.74, 6) is 0.301. The molecule has 0 radical (unpaired) electrons. The van der Waals surface area contributed by atoms with Crippen LogP contribution in [0.5, 0.6) is 0 Å². The summed E-state index contributed by atoms with van der Waals surface area (Å²) in [4.78, 5) is 15.4. The number of anilines is 1. The molecule has 0 aliphatic carbocycles. The molecule has 17 heavy (non-hydrogen) atoms. The highest BCUT2D eigenvalue weighted by Crippen LogP contribution is 2.26. The van der Waals surface area contributed by atoms with E-state index in [-0.39, 0.29) is 5.91 Å². The Labute approximate surface area is 111 Å². The topological polar surface area (TPSA) is 42.0 Å². The van der Waals surface area contributed by atoms with E-state index < -0.39 is 0 Å². The van der Waals surface area contributed by atoms with Crippen molar-refractivity contribution in [2.24, 2.45) is 0 Å². The summed E-state index contributed by atoms with van der Waals surface area (Å²) in [6, 6.07) is 7.86. The van der Waals surface area contributed by atoms with Crippen LogP contribution in [0.3, 0.4) is 0 Å². The van der Waals surface area contributed by atoms with E-state index >= 15 is 0 Å². The molecular formula is C12H9BrN2OS. The second kappa shape index (κ2) is 5.25. The first-order chi connectivity index (χ1) is 8.19. The van der Waals surface area contributed by atoms with Crippen molar-refractivity contribution >= 4 is 39.0 Å². The monoisotopic (exact) mass is 308 g/mol. The van der Waals surface area contributed by atoms with Crippen molar-refractivity contribution in [2.75, 3.05) is 5.32 Å². The normalized spacial score (nSPS) is 9.94. The Bertz CT molecular complexity index is 548. The number of nitrogens with one attached hydrogen (secondary N) is 1. The van der Waals surface area contributed by atoms with Crippen LogP contribution >= 0.6 is 27.3 Å². The van der Waals surface area contributed by atoms with E-state index in [0.29, 0.717) is 5.82 Å². The van der Waals surface area contributed by atoms with Gasteiger partial charge in [0.05, 0.1) is 0 Å². The van der Waals surface area contributed by atoms with Crippen molar-refractivity contribution in [1.82, 2.24) is 4.98 Å². The number of aromatic nitrogens is 1. The fraction of sp³-hybridized carbons (Fsp3) is 0. The summed E-state index contributed by atoms with van der Waals surface area (Å²) in [6.45, 7) is 3.39. The first-order valence-electron chi connectivity index (χ1n) is 4.84. The predicted molar refractivity (Wildman–Crippen MR) is 74.1 cm³/mol. The number of hydrogen-bond acceptors (Lipinski definition) is 3. The lowest BCUT2D eigenvalue weighted by Gasteiger charge is -1.97. The number of rotatable bonds is 3. The van der Waals surface area contributed by atoms with Gasteiger partial charge in [-0.25, -0.2) is 4.98 Å². The van der Waals surface area contributed by atoms with Gasteiger partial charge in [0.1, 0.15) is 10.8 Å². The number of carbonyl (C=O) groups excluding carboxylic acids is 1. The van der Waals surface area contributed by atoms with Crippen molar-refractivity contribution < 1.29 is 4.79 Å². The van der Waals surface area contributed by atoms with Gasteiger partial charge in [-0.15, -0.1) is 11.3 Å². The number of amides is 1. The van der Waals surface area contributed by atoms with Gasteiger partial charge >= 0.3 is 0 Å². The third kappa shape index (κ3) is 3.01. The Kier molecular flexibility index (Phi) is 3.71. The Morgan fingerprint density at radius 2 is 2.12 bits per heavy atom. The molecule has 86 valence electrons. The smallest absolute Gasteiger partial charge is 0.248 e. The van der Waals surface area contributed by atoms with Gasteiger partial charge in [0.15, 0.2) is 0 Å². The maximum atomic E-state index is 11.1. The number of thiazole rings is 1. The molecule has 0 aliphatic heterocycles. The lowest BCUT2D eigenvalue weighted by atomic mass is 10.2. The van der Waals surface area contributed by atoms with Gasteiger partial charge in [-0.2, -0.15) is 0 Å². The van der Waals surface area contributed by atoms with Crippen LogP contribution in [0.15, 0.2) is 46.8 Å². The molecule has 2 aromatic rings. The third-order valence-corrected chi connectivity index (χ3v) is 3.45. The molecule has 3 nitrogen and oxygen atoms in total. The standard InChI is InChI=1S/C12H9BrN2OS/c1-2-11(16)14-10-7-17-12(15-10)8-3-5-9(13)6-4-8/h2-7H,1H2,(H,14,16). The van der Waals surface area contributed by atoms with Crippen molar-refractivity contribution in [1.29, 1.82) is 0 Å². The molecule has 0 atom stereocenters. The molecule has 2 rings (SSSR count). The van der Waals surface area contributed by atoms with E-state index in [1.165, 1.54) is 17.4 Å². The van der Waals surface area contributed by atoms with Crippen LogP contribution in [0.25, 0.3) is 10.6 Å². The zero-order chi connectivity index (χ0) is 12.3. The molecule has 0 unspecified atom stereocenters. The van der Waals surface area contributed by atoms with Crippen molar-refractivity contribution in [2.45, 2.75) is 0 Å². The second-order valence-corrected chi connectivity index (χ2v) is 5.01. The van der Waals surface area contributed by atoms with Gasteiger partial charge in [-0.05, 0) is 18.2 Å². The van der Waals surface area contributed by atoms with E-state index in [0.717, 1.165) is 15.0 Å². The summed E-state index contributed by atoms with van der Waals surface area (Å²) in [5, 5.41) is 5.30. The fourth-order valence-corrected chi connectivity index (χ4v) is 2.26. The third-order valence-electron chi connectivity index (χ3n) is 2.03. The first kappa shape index (κ1) is 12.0. The SMILES string of the molecule is C=CC(=O)Nc1csc(-c2ccc(Br)cc2)n1. The van der Waals surface area contributed by atoms with E-state index in [1.807, 2.05) is 24.3 Å². The Morgan fingerprint density at radius 1 is 1.41 bits per heavy atom. The minimum absolute atomic E-state index is 0.252. The molecular weight excluding hydrogens is 300 g/mol. The molecule has 0 saturated carbocycles. The van der Waals surface area contributed by atoms with E-state index in [4.69, 9.17) is 0 Å². The van der Waals surface area contributed by atoms with Gasteiger partial charge in [0.2, 0.25) is 5.91 Å². The van der Waals surface area contributed by atoms with Crippen LogP contribution in [-0.4, -0.2) is 10.9 Å². The molecule has 1 aromatic carbocycles. The molecule has 0 aliphatic rings. The van der Waals surface area contributed by atoms with Crippen molar-refractivity contribution in [3.05, 3.63) is 46.8 Å². The average Bonchev–Trinajstić information content (AvgIpc) is 2.78. The molecule has 1 N–H and O–H groups in total. The molecule has 0 bridgehead atoms. The quantitative estimate of drug-likeness (QED) is 0.879. The van der Waals surface area contributed by atoms with Gasteiger partial charge in [0, 0.05) is 15.4 Å². The number of nitrogens with zero attached hydrogens (tertiary/aromatic N) is 1. The maximum Gasteiger partial charge on any atom is 0.248 e. The highest BCUT2D eigenvalue weighted by molar-refractivity contribution is 9.10. The fourth-order valence-electron chi connectivity index (χ4n) is 1.23. The summed E-state index contributed by atoms with van der Waals surface area (Å²) in [5.41, 5.74) is 1.03. The molecule has 0 saturated heterocycles. The Hall–Kier alpha value is -1.46. The molecule has 0 fully saturated rings. The number of carbonyl (C=O) groups is 1. The van der Waals surface area contributed by atoms with Gasteiger partial charge in [0.25, 0.3) is 0 Å². The Morgan fingerprint density at radius 3 is 2.76 bits per heavy atom. The number of benzene rings is 1. The minimum Gasteiger partial charge on any atom is -0.306 e. The number of hydrogen-bond donors (Lipinski definition) is 1. The van der Waals surface area contributed by atoms with Gasteiger partial charge in [-0.1, -0.05) is 34.6 Å². The predicted octanol–water partition coefficient (Wildman–Crippen LogP) is 3.70. The van der Waals surface area contributed by atoms with Crippen LogP contribution in [0, 0.1) is 0 Å². The highest BCUT2D eigenvalue weighted by Gasteiger charge is 2.05. The van der Waals surface area contributed by atoms with Crippen LogP contribution in [-0.2, 0) is 4.79 Å². The lowest BCUT2D eigenvalue weighted by molar-refractivity contribution is -0.111. The summed E-state index contributed by atoms with van der Waals surface area (Å²) < 4.78 is 1.03. The van der Waals surface area contributed by atoms with Gasteiger partial charge < -0.3 is 5.32 Å². The van der Waals surface area contributed by atoms with Crippen molar-refractivity contribution in [3.63, 3.8) is 0 Å². The summed E-state index contributed by atoms with van der Waals surface area (Å²) in [7, 11) is 0. The zero-order valence-corrected chi connectivity index (χ0v) is 11.2. The van der Waals surface area contributed by atoms with Crippen molar-refractivity contribution in [3.8, 4) is 10.6 Å². The summed E-state index contributed by atoms with van der Waals surface area (Å²) in [6.07, 6.45) is 1.22. The molecule has 0 spiro atoms. The van der Waals surface area contributed by atoms with Crippen LogP contribution < -0.4 is 5.32 Å². The lowest BCUT2D eigenvalue weighted by Crippen LogP contribution is -2.07. The molecule has 5 heteroatoms. The van der Waals surface area contributed by atoms with E-state index in [1.54, 1.807) is 5.38 Å². The van der Waals surface area contributed by atoms with Crippen LogP contribution in [0.1, 0.15) is 0 Å². The van der Waals surface area contributed by atoms with E-state index in [9.17, 15) is 4.79 Å². The largest absolute Gasteiger partial charge is 0.306 e. The summed E-state index contributed by atoms with van der Waals surface area (Å²) >= 11 is 4.87. The molecule has 1 heterocycles. The number of halogens is 1. The van der Waals surface area contributed by atoms with Crippen LogP contribution in [0.2, 0.25) is 0 Å². The second-order valence-electron chi connectivity index (χ2n) is 3.24.